The van der Waals surface area contributed by atoms with E-state index in [4.69, 9.17) is 0 Å². The lowest BCUT2D eigenvalue weighted by Crippen LogP contribution is -2.13. The van der Waals surface area contributed by atoms with Crippen LogP contribution in [-0.4, -0.2) is 19.7 Å². The Labute approximate surface area is 127 Å². The molecule has 0 saturated carbocycles. The molecular weight excluding hydrogens is 290 g/mol. The van der Waals surface area contributed by atoms with E-state index in [9.17, 15) is 10.1 Å². The van der Waals surface area contributed by atoms with Crippen LogP contribution in [0.2, 0.25) is 0 Å². The van der Waals surface area contributed by atoms with Crippen LogP contribution < -0.4 is 5.32 Å². The Kier molecular flexibility index (Phi) is 4.56. The SMILES string of the molecule is CCCn1nc(C)c([N+](=O)[O-])c1NC(C)c1nc(C)cs1. The Morgan fingerprint density at radius 1 is 1.52 bits per heavy atom. The first-order chi connectivity index (χ1) is 9.93. The highest BCUT2D eigenvalue weighted by molar-refractivity contribution is 7.09. The van der Waals surface area contributed by atoms with E-state index in [0.717, 1.165) is 17.1 Å². The fraction of sp³-hybridized carbons (Fsp3) is 0.538. The molecular formula is C13H19N5O2S. The van der Waals surface area contributed by atoms with Crippen LogP contribution in [0, 0.1) is 24.0 Å². The van der Waals surface area contributed by atoms with E-state index >= 15 is 0 Å². The number of nitrogens with zero attached hydrogens (tertiary/aromatic N) is 4. The van der Waals surface area contributed by atoms with Crippen molar-refractivity contribution in [2.75, 3.05) is 5.32 Å². The number of nitrogens with one attached hydrogen (secondary N) is 1. The zero-order chi connectivity index (χ0) is 15.6. The first-order valence-electron chi connectivity index (χ1n) is 6.84. The first-order valence-corrected chi connectivity index (χ1v) is 7.72. The van der Waals surface area contributed by atoms with Crippen LogP contribution in [0.25, 0.3) is 0 Å². The third-order valence-electron chi connectivity index (χ3n) is 3.07. The normalized spacial score (nSPS) is 12.4. The van der Waals surface area contributed by atoms with Crippen molar-refractivity contribution in [1.29, 1.82) is 0 Å². The third-order valence-corrected chi connectivity index (χ3v) is 4.22. The molecule has 2 heterocycles. The smallest absolute Gasteiger partial charge is 0.333 e. The molecule has 0 aliphatic rings. The molecule has 1 unspecified atom stereocenters. The zero-order valence-corrected chi connectivity index (χ0v) is 13.4. The second kappa shape index (κ2) is 6.21. The molecule has 114 valence electrons. The van der Waals surface area contributed by atoms with Gasteiger partial charge in [-0.25, -0.2) is 9.67 Å². The number of aryl methyl sites for hydroxylation is 3. The lowest BCUT2D eigenvalue weighted by atomic mass is 10.3. The summed E-state index contributed by atoms with van der Waals surface area (Å²) < 4.78 is 1.67. The van der Waals surface area contributed by atoms with Gasteiger partial charge in [0.05, 0.1) is 11.0 Å². The van der Waals surface area contributed by atoms with E-state index in [1.807, 2.05) is 26.2 Å². The molecule has 0 aromatic carbocycles. The summed E-state index contributed by atoms with van der Waals surface area (Å²) in [6.07, 6.45) is 0.859. The predicted octanol–water partition coefficient (Wildman–Crippen LogP) is 3.45. The predicted molar refractivity (Wildman–Crippen MR) is 82.8 cm³/mol. The van der Waals surface area contributed by atoms with Gasteiger partial charge in [-0.05, 0) is 27.2 Å². The zero-order valence-electron chi connectivity index (χ0n) is 12.6. The average molecular weight is 309 g/mol. The van der Waals surface area contributed by atoms with Gasteiger partial charge in [-0.15, -0.1) is 11.3 Å². The number of thiazole rings is 1. The Bertz CT molecular complexity index is 649. The Morgan fingerprint density at radius 3 is 2.76 bits per heavy atom. The van der Waals surface area contributed by atoms with Crippen LogP contribution in [-0.2, 0) is 6.54 Å². The molecule has 0 amide bonds. The number of rotatable bonds is 6. The molecule has 0 bridgehead atoms. The summed E-state index contributed by atoms with van der Waals surface area (Å²) in [5.41, 5.74) is 1.43. The topological polar surface area (TPSA) is 85.9 Å². The fourth-order valence-corrected chi connectivity index (χ4v) is 2.95. The second-order valence-electron chi connectivity index (χ2n) is 4.96. The van der Waals surface area contributed by atoms with Gasteiger partial charge >= 0.3 is 5.69 Å². The standard InChI is InChI=1S/C13H19N5O2S/c1-5-6-17-12(11(18(19)20)9(3)16-17)15-10(4)13-14-8(2)7-21-13/h7,10,15H,5-6H2,1-4H3. The van der Waals surface area contributed by atoms with Gasteiger partial charge in [0.1, 0.15) is 10.7 Å². The van der Waals surface area contributed by atoms with Gasteiger partial charge in [0.2, 0.25) is 5.82 Å². The molecule has 0 aliphatic carbocycles. The van der Waals surface area contributed by atoms with Crippen molar-refractivity contribution in [3.63, 3.8) is 0 Å². The van der Waals surface area contributed by atoms with Crippen molar-refractivity contribution in [2.45, 2.75) is 46.7 Å². The molecule has 0 aliphatic heterocycles. The number of hydrogen-bond acceptors (Lipinski definition) is 6. The largest absolute Gasteiger partial charge is 0.356 e. The van der Waals surface area contributed by atoms with E-state index in [1.165, 1.54) is 0 Å². The Hall–Kier alpha value is -1.96. The number of anilines is 1. The summed E-state index contributed by atoms with van der Waals surface area (Å²) in [5, 5.41) is 21.6. The number of aromatic nitrogens is 3. The van der Waals surface area contributed by atoms with Gasteiger partial charge in [-0.3, -0.25) is 10.1 Å². The van der Waals surface area contributed by atoms with Crippen LogP contribution in [0.3, 0.4) is 0 Å². The summed E-state index contributed by atoms with van der Waals surface area (Å²) in [5.74, 6) is 0.458. The molecule has 2 rings (SSSR count). The van der Waals surface area contributed by atoms with Crippen LogP contribution >= 0.6 is 11.3 Å². The maximum atomic E-state index is 11.3. The van der Waals surface area contributed by atoms with Crippen molar-refractivity contribution in [1.82, 2.24) is 14.8 Å². The van der Waals surface area contributed by atoms with Gasteiger partial charge in [0.15, 0.2) is 0 Å². The molecule has 0 radical (unpaired) electrons. The highest BCUT2D eigenvalue weighted by Gasteiger charge is 2.26. The van der Waals surface area contributed by atoms with Crippen LogP contribution in [0.5, 0.6) is 0 Å². The molecule has 21 heavy (non-hydrogen) atoms. The lowest BCUT2D eigenvalue weighted by Gasteiger charge is -2.13. The average Bonchev–Trinajstić information content (AvgIpc) is 2.95. The molecule has 0 saturated heterocycles. The van der Waals surface area contributed by atoms with E-state index in [2.05, 4.69) is 15.4 Å². The van der Waals surface area contributed by atoms with Crippen molar-refractivity contribution in [2.24, 2.45) is 0 Å². The van der Waals surface area contributed by atoms with Crippen molar-refractivity contribution in [3.8, 4) is 0 Å². The third kappa shape index (κ3) is 3.21. The summed E-state index contributed by atoms with van der Waals surface area (Å²) >= 11 is 1.54. The fourth-order valence-electron chi connectivity index (χ4n) is 2.14. The van der Waals surface area contributed by atoms with Crippen LogP contribution in [0.1, 0.15) is 42.7 Å². The van der Waals surface area contributed by atoms with Crippen molar-refractivity contribution in [3.05, 3.63) is 31.9 Å². The lowest BCUT2D eigenvalue weighted by molar-refractivity contribution is -0.384. The summed E-state index contributed by atoms with van der Waals surface area (Å²) in [7, 11) is 0. The highest BCUT2D eigenvalue weighted by Crippen LogP contribution is 2.32. The Morgan fingerprint density at radius 2 is 2.24 bits per heavy atom. The molecule has 0 spiro atoms. The highest BCUT2D eigenvalue weighted by atomic mass is 32.1. The molecule has 7 nitrogen and oxygen atoms in total. The number of nitro groups is 1. The van der Waals surface area contributed by atoms with Gasteiger partial charge < -0.3 is 5.32 Å². The molecule has 8 heteroatoms. The van der Waals surface area contributed by atoms with Crippen LogP contribution in [0.4, 0.5) is 11.5 Å². The van der Waals surface area contributed by atoms with Crippen LogP contribution in [0.15, 0.2) is 5.38 Å². The maximum Gasteiger partial charge on any atom is 0.333 e. The maximum absolute atomic E-state index is 11.3. The van der Waals surface area contributed by atoms with Gasteiger partial charge in [-0.1, -0.05) is 6.92 Å². The Balaban J connectivity index is 2.35. The van der Waals surface area contributed by atoms with E-state index < -0.39 is 0 Å². The molecule has 2 aromatic rings. The molecule has 1 N–H and O–H groups in total. The molecule has 1 atom stereocenters. The second-order valence-corrected chi connectivity index (χ2v) is 5.85. The molecule has 0 fully saturated rings. The van der Waals surface area contributed by atoms with Gasteiger partial charge in [0, 0.05) is 17.6 Å². The quantitative estimate of drug-likeness (QED) is 0.652. The minimum atomic E-state index is -0.378. The summed E-state index contributed by atoms with van der Waals surface area (Å²) in [6.45, 7) is 8.19. The number of hydrogen-bond donors (Lipinski definition) is 1. The molecule has 2 aromatic heterocycles. The minimum absolute atomic E-state index is 0.0450. The van der Waals surface area contributed by atoms with E-state index in [1.54, 1.807) is 22.9 Å². The summed E-state index contributed by atoms with van der Waals surface area (Å²) in [6, 6.07) is -0.103. The van der Waals surface area contributed by atoms with E-state index in [-0.39, 0.29) is 16.7 Å². The van der Waals surface area contributed by atoms with Gasteiger partial charge in [-0.2, -0.15) is 5.10 Å². The van der Waals surface area contributed by atoms with Crippen molar-refractivity contribution >= 4 is 22.8 Å². The van der Waals surface area contributed by atoms with E-state index in [0.29, 0.717) is 18.1 Å². The first kappa shape index (κ1) is 15.4. The van der Waals surface area contributed by atoms with Crippen molar-refractivity contribution < 1.29 is 4.92 Å². The minimum Gasteiger partial charge on any atom is -0.356 e. The summed E-state index contributed by atoms with van der Waals surface area (Å²) in [4.78, 5) is 15.3. The monoisotopic (exact) mass is 309 g/mol. The van der Waals surface area contributed by atoms with Gasteiger partial charge in [0.25, 0.3) is 0 Å².